The summed E-state index contributed by atoms with van der Waals surface area (Å²) in [6.07, 6.45) is 1.39. The molecule has 0 unspecified atom stereocenters. The Morgan fingerprint density at radius 3 is 2.69 bits per heavy atom. The number of nitrogens with zero attached hydrogens (tertiary/aromatic N) is 1. The van der Waals surface area contributed by atoms with Gasteiger partial charge in [0.15, 0.2) is 0 Å². The van der Waals surface area contributed by atoms with Crippen molar-refractivity contribution in [2.24, 2.45) is 0 Å². The largest absolute Gasteiger partial charge is 0.507 e. The molecule has 0 aromatic heterocycles. The number of rotatable bonds is 3. The number of amides is 1. The van der Waals surface area contributed by atoms with Gasteiger partial charge in [0.05, 0.1) is 0 Å². The molecule has 3 rings (SSSR count). The van der Waals surface area contributed by atoms with E-state index in [-0.39, 0.29) is 11.3 Å². The first-order valence-corrected chi connectivity index (χ1v) is 8.27. The summed E-state index contributed by atoms with van der Waals surface area (Å²) in [7, 11) is 0. The van der Waals surface area contributed by atoms with Gasteiger partial charge in [0.25, 0.3) is 5.91 Å². The predicted molar refractivity (Wildman–Crippen MR) is 104 cm³/mol. The molecule has 0 aliphatic heterocycles. The van der Waals surface area contributed by atoms with Gasteiger partial charge in [-0.1, -0.05) is 48.0 Å². The third kappa shape index (κ3) is 3.53. The minimum Gasteiger partial charge on any atom is -0.507 e. The third-order valence-corrected chi connectivity index (χ3v) is 4.44. The molecular weight excluding hydrogens is 348 g/mol. The molecule has 1 amide bonds. The molecule has 0 aliphatic carbocycles. The maximum Gasteiger partial charge on any atom is 0.266 e. The van der Waals surface area contributed by atoms with Crippen molar-refractivity contribution in [3.05, 3.63) is 76.3 Å². The van der Waals surface area contributed by atoms with Crippen LogP contribution in [-0.2, 0) is 4.79 Å². The van der Waals surface area contributed by atoms with Crippen molar-refractivity contribution in [3.63, 3.8) is 0 Å². The van der Waals surface area contributed by atoms with Gasteiger partial charge in [-0.3, -0.25) is 4.79 Å². The molecule has 0 saturated carbocycles. The summed E-state index contributed by atoms with van der Waals surface area (Å²) < 4.78 is 0. The minimum absolute atomic E-state index is 0.00244. The zero-order valence-electron chi connectivity index (χ0n) is 14.0. The number of aromatic hydroxyl groups is 1. The van der Waals surface area contributed by atoms with E-state index in [1.54, 1.807) is 30.3 Å². The molecule has 128 valence electrons. The molecular formula is C21H15ClN2O2. The van der Waals surface area contributed by atoms with Crippen molar-refractivity contribution in [1.29, 1.82) is 5.26 Å². The molecule has 0 spiro atoms. The van der Waals surface area contributed by atoms with Crippen LogP contribution in [0.5, 0.6) is 5.75 Å². The molecule has 0 aliphatic rings. The van der Waals surface area contributed by atoms with E-state index in [9.17, 15) is 15.2 Å². The number of fused-ring (bicyclic) bond motifs is 1. The number of nitrogens with one attached hydrogen (secondary N) is 1. The summed E-state index contributed by atoms with van der Waals surface area (Å²) in [6, 6.07) is 17.8. The van der Waals surface area contributed by atoms with Gasteiger partial charge in [-0.25, -0.2) is 0 Å². The Labute approximate surface area is 156 Å². The fourth-order valence-corrected chi connectivity index (χ4v) is 2.78. The number of halogens is 1. The molecule has 2 N–H and O–H groups in total. The van der Waals surface area contributed by atoms with Crippen LogP contribution in [0.4, 0.5) is 5.69 Å². The van der Waals surface area contributed by atoms with Crippen LogP contribution in [0.1, 0.15) is 11.1 Å². The van der Waals surface area contributed by atoms with E-state index in [0.29, 0.717) is 16.3 Å². The minimum atomic E-state index is -0.570. The summed E-state index contributed by atoms with van der Waals surface area (Å²) >= 11 is 6.06. The van der Waals surface area contributed by atoms with Gasteiger partial charge in [0.1, 0.15) is 17.4 Å². The standard InChI is InChI=1S/C21H15ClN2O2/c1-13-6-8-16(11-19(13)22)24-21(26)15(12-23)10-18-17-5-3-2-4-14(17)7-9-20(18)25/h2-11,25H,1H3,(H,24,26)/b15-10+. The first-order chi connectivity index (χ1) is 12.5. The Bertz CT molecular complexity index is 1080. The Hall–Kier alpha value is -3.29. The van der Waals surface area contributed by atoms with Gasteiger partial charge < -0.3 is 10.4 Å². The van der Waals surface area contributed by atoms with Crippen LogP contribution in [-0.4, -0.2) is 11.0 Å². The molecule has 5 heteroatoms. The van der Waals surface area contributed by atoms with Crippen molar-refractivity contribution < 1.29 is 9.90 Å². The number of aryl methyl sites for hydroxylation is 1. The number of carbonyl (C=O) groups is 1. The van der Waals surface area contributed by atoms with E-state index in [2.05, 4.69) is 5.32 Å². The lowest BCUT2D eigenvalue weighted by molar-refractivity contribution is -0.112. The SMILES string of the molecule is Cc1ccc(NC(=O)/C(C#N)=C/c2c(O)ccc3ccccc23)cc1Cl. The summed E-state index contributed by atoms with van der Waals surface area (Å²) in [5.74, 6) is -0.567. The Balaban J connectivity index is 1.98. The number of hydrogen-bond acceptors (Lipinski definition) is 3. The van der Waals surface area contributed by atoms with Crippen LogP contribution < -0.4 is 5.32 Å². The fraction of sp³-hybridized carbons (Fsp3) is 0.0476. The lowest BCUT2D eigenvalue weighted by atomic mass is 10.0. The molecule has 0 heterocycles. The zero-order chi connectivity index (χ0) is 18.7. The number of hydrogen-bond donors (Lipinski definition) is 2. The normalized spacial score (nSPS) is 11.2. The fourth-order valence-electron chi connectivity index (χ4n) is 2.60. The molecule has 0 fully saturated rings. The van der Waals surface area contributed by atoms with Gasteiger partial charge >= 0.3 is 0 Å². The van der Waals surface area contributed by atoms with Gasteiger partial charge in [-0.05, 0) is 47.5 Å². The second kappa shape index (κ2) is 7.30. The van der Waals surface area contributed by atoms with Gasteiger partial charge in [0, 0.05) is 16.3 Å². The highest BCUT2D eigenvalue weighted by Crippen LogP contribution is 2.29. The number of benzene rings is 3. The number of phenolic OH excluding ortho intramolecular Hbond substituents is 1. The van der Waals surface area contributed by atoms with Crippen molar-refractivity contribution in [3.8, 4) is 11.8 Å². The Kier molecular flexibility index (Phi) is 4.92. The average molecular weight is 363 g/mol. The molecule has 0 saturated heterocycles. The second-order valence-corrected chi connectivity index (χ2v) is 6.21. The topological polar surface area (TPSA) is 73.1 Å². The molecule has 0 bridgehead atoms. The van der Waals surface area contributed by atoms with Crippen molar-refractivity contribution in [2.45, 2.75) is 6.92 Å². The number of nitriles is 1. The van der Waals surface area contributed by atoms with Gasteiger partial charge in [-0.2, -0.15) is 5.26 Å². The predicted octanol–water partition coefficient (Wildman–Crippen LogP) is 5.05. The van der Waals surface area contributed by atoms with Crippen molar-refractivity contribution in [1.82, 2.24) is 0 Å². The van der Waals surface area contributed by atoms with E-state index in [0.717, 1.165) is 16.3 Å². The average Bonchev–Trinajstić information content (AvgIpc) is 2.64. The van der Waals surface area contributed by atoms with Crippen LogP contribution in [0.2, 0.25) is 5.02 Å². The quantitative estimate of drug-likeness (QED) is 0.505. The van der Waals surface area contributed by atoms with Crippen LogP contribution in [0.3, 0.4) is 0 Å². The lowest BCUT2D eigenvalue weighted by Crippen LogP contribution is -2.13. The summed E-state index contributed by atoms with van der Waals surface area (Å²) in [4.78, 5) is 12.5. The van der Waals surface area contributed by atoms with E-state index in [1.807, 2.05) is 37.3 Å². The highest BCUT2D eigenvalue weighted by molar-refractivity contribution is 6.31. The van der Waals surface area contributed by atoms with E-state index in [1.165, 1.54) is 6.08 Å². The third-order valence-electron chi connectivity index (χ3n) is 4.03. The molecule has 26 heavy (non-hydrogen) atoms. The second-order valence-electron chi connectivity index (χ2n) is 5.81. The van der Waals surface area contributed by atoms with Crippen molar-refractivity contribution in [2.75, 3.05) is 5.32 Å². The maximum absolute atomic E-state index is 12.5. The number of anilines is 1. The van der Waals surface area contributed by atoms with E-state index >= 15 is 0 Å². The maximum atomic E-state index is 12.5. The van der Waals surface area contributed by atoms with Crippen molar-refractivity contribution >= 4 is 40.0 Å². The number of phenols is 1. The first-order valence-electron chi connectivity index (χ1n) is 7.89. The van der Waals surface area contributed by atoms with Gasteiger partial charge in [-0.15, -0.1) is 0 Å². The molecule has 0 atom stereocenters. The van der Waals surface area contributed by atoms with E-state index < -0.39 is 5.91 Å². The zero-order valence-corrected chi connectivity index (χ0v) is 14.7. The number of carbonyl (C=O) groups excluding carboxylic acids is 1. The molecule has 0 radical (unpaired) electrons. The monoisotopic (exact) mass is 362 g/mol. The Morgan fingerprint density at radius 2 is 1.96 bits per heavy atom. The highest BCUT2D eigenvalue weighted by Gasteiger charge is 2.13. The summed E-state index contributed by atoms with van der Waals surface area (Å²) in [6.45, 7) is 1.86. The van der Waals surface area contributed by atoms with Crippen LogP contribution in [0.15, 0.2) is 60.2 Å². The molecule has 3 aromatic carbocycles. The smallest absolute Gasteiger partial charge is 0.266 e. The van der Waals surface area contributed by atoms with Gasteiger partial charge in [0.2, 0.25) is 0 Å². The first kappa shape index (κ1) is 17.5. The molecule has 4 nitrogen and oxygen atoms in total. The highest BCUT2D eigenvalue weighted by atomic mass is 35.5. The molecule has 3 aromatic rings. The lowest BCUT2D eigenvalue weighted by Gasteiger charge is -2.08. The van der Waals surface area contributed by atoms with Crippen LogP contribution >= 0.6 is 11.6 Å². The van der Waals surface area contributed by atoms with E-state index in [4.69, 9.17) is 11.6 Å². The summed E-state index contributed by atoms with van der Waals surface area (Å²) in [5.41, 5.74) is 1.69. The Morgan fingerprint density at radius 1 is 1.19 bits per heavy atom. The van der Waals surface area contributed by atoms with Crippen LogP contribution in [0, 0.1) is 18.3 Å². The van der Waals surface area contributed by atoms with Crippen LogP contribution in [0.25, 0.3) is 16.8 Å². The summed E-state index contributed by atoms with van der Waals surface area (Å²) in [5, 5.41) is 24.4.